The van der Waals surface area contributed by atoms with Crippen molar-refractivity contribution < 1.29 is 9.90 Å². The molecule has 1 spiro atoms. The lowest BCUT2D eigenvalue weighted by Gasteiger charge is -2.69. The Morgan fingerprint density at radius 1 is 1.32 bits per heavy atom. The van der Waals surface area contributed by atoms with Gasteiger partial charge in [0.25, 0.3) is 0 Å². The zero-order valence-electron chi connectivity index (χ0n) is 11.9. The number of aliphatic hydroxyl groups is 1. The number of carbonyl (C=O) groups is 1. The highest BCUT2D eigenvalue weighted by atomic mass is 16.3. The summed E-state index contributed by atoms with van der Waals surface area (Å²) in [7, 11) is 0. The summed E-state index contributed by atoms with van der Waals surface area (Å²) in [6.07, 6.45) is 6.89. The number of nitrogens with zero attached hydrogens (tertiary/aromatic N) is 1. The van der Waals surface area contributed by atoms with Crippen molar-refractivity contribution in [2.75, 3.05) is 13.1 Å². The van der Waals surface area contributed by atoms with Crippen molar-refractivity contribution in [1.82, 2.24) is 4.90 Å². The van der Waals surface area contributed by atoms with Crippen LogP contribution in [0.25, 0.3) is 0 Å². The molecule has 2 saturated heterocycles. The molecule has 1 N–H and O–H groups in total. The molecule has 3 nitrogen and oxygen atoms in total. The zero-order chi connectivity index (χ0) is 13.3. The van der Waals surface area contributed by atoms with Crippen molar-refractivity contribution in [3.63, 3.8) is 0 Å². The van der Waals surface area contributed by atoms with Crippen molar-refractivity contribution in [3.8, 4) is 0 Å². The molecule has 4 rings (SSSR count). The monoisotopic (exact) mass is 263 g/mol. The van der Waals surface area contributed by atoms with Crippen molar-refractivity contribution in [3.05, 3.63) is 0 Å². The average molecular weight is 263 g/mol. The van der Waals surface area contributed by atoms with Gasteiger partial charge in [0, 0.05) is 12.3 Å². The Morgan fingerprint density at radius 2 is 2.11 bits per heavy atom. The number of piperidine rings is 2. The highest BCUT2D eigenvalue weighted by molar-refractivity contribution is 5.85. The number of rotatable bonds is 0. The Morgan fingerprint density at radius 3 is 2.95 bits per heavy atom. The van der Waals surface area contributed by atoms with Gasteiger partial charge in [0.2, 0.25) is 0 Å². The van der Waals surface area contributed by atoms with Crippen LogP contribution in [0.2, 0.25) is 0 Å². The lowest BCUT2D eigenvalue weighted by Crippen LogP contribution is -2.79. The van der Waals surface area contributed by atoms with Crippen LogP contribution in [0.15, 0.2) is 0 Å². The molecule has 19 heavy (non-hydrogen) atoms. The quantitative estimate of drug-likeness (QED) is 0.726. The molecule has 2 saturated carbocycles. The minimum Gasteiger partial charge on any atom is -0.388 e. The number of hydrogen-bond donors (Lipinski definition) is 1. The first-order valence-electron chi connectivity index (χ1n) is 8.08. The fourth-order valence-corrected chi connectivity index (χ4v) is 6.15. The first kappa shape index (κ1) is 12.3. The molecule has 0 aromatic heterocycles. The lowest BCUT2D eigenvalue weighted by molar-refractivity contribution is -0.249. The molecule has 3 heteroatoms. The lowest BCUT2D eigenvalue weighted by atomic mass is 9.46. The second-order valence-electron chi connectivity index (χ2n) is 7.55. The van der Waals surface area contributed by atoms with E-state index in [1.165, 1.54) is 0 Å². The van der Waals surface area contributed by atoms with Gasteiger partial charge in [0.05, 0.1) is 11.1 Å². The van der Waals surface area contributed by atoms with Crippen molar-refractivity contribution >= 4 is 5.78 Å². The van der Waals surface area contributed by atoms with E-state index in [4.69, 9.17) is 0 Å². The fraction of sp³-hybridized carbons (Fsp3) is 0.938. The molecular formula is C16H25NO2. The molecule has 0 radical (unpaired) electrons. The SMILES string of the molecule is C[C@@H]1C[C@@H]2CC(=O)[C@H]3CCCN4CCC[C@@]2(O)[C@@]34C1. The van der Waals surface area contributed by atoms with E-state index in [9.17, 15) is 9.90 Å². The van der Waals surface area contributed by atoms with Gasteiger partial charge in [-0.25, -0.2) is 0 Å². The number of carbonyl (C=O) groups excluding carboxylic acids is 1. The Hall–Kier alpha value is -0.410. The van der Waals surface area contributed by atoms with Crippen LogP contribution < -0.4 is 0 Å². The normalized spacial score (nSPS) is 53.8. The van der Waals surface area contributed by atoms with Crippen LogP contribution in [0.3, 0.4) is 0 Å². The maximum absolute atomic E-state index is 12.6. The van der Waals surface area contributed by atoms with E-state index in [0.717, 1.165) is 51.6 Å². The van der Waals surface area contributed by atoms with Crippen molar-refractivity contribution in [2.45, 2.75) is 63.0 Å². The minimum atomic E-state index is -0.573. The van der Waals surface area contributed by atoms with Gasteiger partial charge < -0.3 is 5.11 Å². The summed E-state index contributed by atoms with van der Waals surface area (Å²) in [6, 6.07) is 0. The molecule has 4 aliphatic rings. The maximum Gasteiger partial charge on any atom is 0.138 e. The van der Waals surface area contributed by atoms with Gasteiger partial charge >= 0.3 is 0 Å². The van der Waals surface area contributed by atoms with Crippen LogP contribution in [-0.2, 0) is 4.79 Å². The molecule has 2 bridgehead atoms. The van der Waals surface area contributed by atoms with E-state index in [-0.39, 0.29) is 17.4 Å². The Balaban J connectivity index is 1.89. The Kier molecular flexibility index (Phi) is 2.48. The van der Waals surface area contributed by atoms with Gasteiger partial charge in [-0.2, -0.15) is 0 Å². The van der Waals surface area contributed by atoms with E-state index >= 15 is 0 Å². The molecule has 0 aromatic rings. The molecule has 2 aliphatic carbocycles. The van der Waals surface area contributed by atoms with Gasteiger partial charge in [0.1, 0.15) is 5.78 Å². The van der Waals surface area contributed by atoms with E-state index in [0.29, 0.717) is 18.1 Å². The second-order valence-corrected chi connectivity index (χ2v) is 7.55. The summed E-state index contributed by atoms with van der Waals surface area (Å²) in [6.45, 7) is 4.49. The van der Waals surface area contributed by atoms with Crippen LogP contribution in [0, 0.1) is 17.8 Å². The van der Waals surface area contributed by atoms with E-state index < -0.39 is 5.60 Å². The summed E-state index contributed by atoms with van der Waals surface area (Å²) in [4.78, 5) is 15.1. The molecular weight excluding hydrogens is 238 g/mol. The van der Waals surface area contributed by atoms with Crippen LogP contribution in [0.4, 0.5) is 0 Å². The van der Waals surface area contributed by atoms with Crippen LogP contribution in [-0.4, -0.2) is 40.0 Å². The first-order valence-corrected chi connectivity index (χ1v) is 8.08. The van der Waals surface area contributed by atoms with Gasteiger partial charge in [-0.3, -0.25) is 9.69 Å². The van der Waals surface area contributed by atoms with E-state index in [1.54, 1.807) is 0 Å². The van der Waals surface area contributed by atoms with Crippen molar-refractivity contribution in [1.29, 1.82) is 0 Å². The molecule has 0 unspecified atom stereocenters. The third-order valence-electron chi connectivity index (χ3n) is 6.66. The third kappa shape index (κ3) is 1.33. The van der Waals surface area contributed by atoms with Gasteiger partial charge in [-0.05, 0) is 63.5 Å². The van der Waals surface area contributed by atoms with Gasteiger partial charge in [-0.1, -0.05) is 6.92 Å². The smallest absolute Gasteiger partial charge is 0.138 e. The standard InChI is InChI=1S/C16H25NO2/c1-11-8-12-9-14(18)13-4-2-6-17-7-3-5-16(12,19)15(13,17)10-11/h11-13,19H,2-10H2,1H3/t11-,12-,13-,15-,16+/m1/s1. The molecule has 0 amide bonds. The Labute approximate surface area is 115 Å². The highest BCUT2D eigenvalue weighted by Crippen LogP contribution is 2.61. The predicted molar refractivity (Wildman–Crippen MR) is 72.7 cm³/mol. The van der Waals surface area contributed by atoms with E-state index in [1.807, 2.05) is 0 Å². The van der Waals surface area contributed by atoms with Gasteiger partial charge in [0.15, 0.2) is 0 Å². The summed E-state index contributed by atoms with van der Waals surface area (Å²) in [5, 5.41) is 11.5. The number of Topliss-reactive ketones (excluding diaryl/α,β-unsaturated/α-hetero) is 1. The summed E-state index contributed by atoms with van der Waals surface area (Å²) in [5.41, 5.74) is -0.766. The summed E-state index contributed by atoms with van der Waals surface area (Å²) >= 11 is 0. The van der Waals surface area contributed by atoms with Gasteiger partial charge in [-0.15, -0.1) is 0 Å². The fourth-order valence-electron chi connectivity index (χ4n) is 6.15. The average Bonchev–Trinajstić information content (AvgIpc) is 2.35. The summed E-state index contributed by atoms with van der Waals surface area (Å²) < 4.78 is 0. The van der Waals surface area contributed by atoms with Crippen LogP contribution >= 0.6 is 0 Å². The summed E-state index contributed by atoms with van der Waals surface area (Å²) in [5.74, 6) is 1.44. The molecule has 0 aromatic carbocycles. The largest absolute Gasteiger partial charge is 0.388 e. The number of ketones is 1. The third-order valence-corrected chi connectivity index (χ3v) is 6.66. The van der Waals surface area contributed by atoms with Crippen LogP contribution in [0.1, 0.15) is 51.9 Å². The maximum atomic E-state index is 12.6. The van der Waals surface area contributed by atoms with Crippen molar-refractivity contribution in [2.24, 2.45) is 17.8 Å². The number of hydrogen-bond acceptors (Lipinski definition) is 3. The predicted octanol–water partition coefficient (Wildman–Crippen LogP) is 1.98. The molecule has 106 valence electrons. The zero-order valence-corrected chi connectivity index (χ0v) is 11.9. The topological polar surface area (TPSA) is 40.5 Å². The first-order chi connectivity index (χ1) is 9.08. The Bertz CT molecular complexity index is 421. The highest BCUT2D eigenvalue weighted by Gasteiger charge is 2.69. The minimum absolute atomic E-state index is 0.116. The molecule has 4 fully saturated rings. The van der Waals surface area contributed by atoms with Crippen LogP contribution in [0.5, 0.6) is 0 Å². The molecule has 2 heterocycles. The molecule has 5 atom stereocenters. The molecule has 2 aliphatic heterocycles. The second kappa shape index (κ2) is 3.82. The van der Waals surface area contributed by atoms with E-state index in [2.05, 4.69) is 11.8 Å².